The minimum Gasteiger partial charge on any atom is -0.430 e. The maximum atomic E-state index is 12.5. The maximum absolute atomic E-state index is 12.5. The summed E-state index contributed by atoms with van der Waals surface area (Å²) < 4.78 is 31.7. The van der Waals surface area contributed by atoms with Crippen molar-refractivity contribution in [2.24, 2.45) is 0 Å². The van der Waals surface area contributed by atoms with Gasteiger partial charge in [-0.15, -0.1) is 0 Å². The first-order chi connectivity index (χ1) is 22.7. The lowest BCUT2D eigenvalue weighted by atomic mass is 10.3. The highest BCUT2D eigenvalue weighted by Crippen LogP contribution is 2.34. The summed E-state index contributed by atoms with van der Waals surface area (Å²) in [6, 6.07) is 14.0. The molecule has 0 aliphatic carbocycles. The summed E-state index contributed by atoms with van der Waals surface area (Å²) in [5.41, 5.74) is 1.15. The number of hydrogen-bond donors (Lipinski definition) is 0. The molecule has 0 spiro atoms. The van der Waals surface area contributed by atoms with E-state index in [4.69, 9.17) is 98.0 Å². The summed E-state index contributed by atoms with van der Waals surface area (Å²) in [6.45, 7) is -0.725. The Hall–Kier alpha value is -1.66. The molecule has 2 heterocycles. The molecule has 0 fully saturated rings. The lowest BCUT2D eigenvalue weighted by Gasteiger charge is -2.24. The molecule has 2 unspecified atom stereocenters. The predicted molar refractivity (Wildman–Crippen MR) is 186 cm³/mol. The molecule has 2 aromatic carbocycles. The molecule has 0 radical (unpaired) electrons. The number of thiazole rings is 2. The van der Waals surface area contributed by atoms with E-state index in [0.717, 1.165) is 22.7 Å². The molecule has 0 saturated carbocycles. The molecule has 0 saturated heterocycles. The SMILES string of the molecule is O=C(Cn1c(=O)sc2ccccc21)OC(OCCOCCOCCOC(OC(=O)Cn1c(=O)sc2ccccc21)C(Cl)(Cl)Cl)C(Cl)(Cl)Cl. The van der Waals surface area contributed by atoms with Gasteiger partial charge in [0.05, 0.1) is 60.1 Å². The molecule has 4 rings (SSSR count). The van der Waals surface area contributed by atoms with E-state index in [1.807, 2.05) is 0 Å². The molecular formula is C28H26Cl6N2O10S2. The lowest BCUT2D eigenvalue weighted by Crippen LogP contribution is -2.36. The van der Waals surface area contributed by atoms with Crippen molar-refractivity contribution in [2.45, 2.75) is 33.3 Å². The number of benzene rings is 2. The fraction of sp³-hybridized carbons (Fsp3) is 0.429. The van der Waals surface area contributed by atoms with Crippen LogP contribution in [-0.4, -0.2) is 80.9 Å². The van der Waals surface area contributed by atoms with Crippen LogP contribution in [0.4, 0.5) is 0 Å². The molecule has 0 aliphatic rings. The van der Waals surface area contributed by atoms with E-state index in [9.17, 15) is 19.2 Å². The molecular weight excluding hydrogens is 801 g/mol. The summed E-state index contributed by atoms with van der Waals surface area (Å²) in [7, 11) is 0. The van der Waals surface area contributed by atoms with Gasteiger partial charge < -0.3 is 28.4 Å². The second-order valence-corrected chi connectivity index (χ2v) is 16.3. The van der Waals surface area contributed by atoms with Crippen LogP contribution in [0.1, 0.15) is 0 Å². The Balaban J connectivity index is 1.12. The van der Waals surface area contributed by atoms with Gasteiger partial charge in [0.1, 0.15) is 13.1 Å². The number of para-hydroxylation sites is 2. The second-order valence-electron chi connectivity index (χ2n) is 9.54. The van der Waals surface area contributed by atoms with Gasteiger partial charge in [-0.25, -0.2) is 0 Å². The van der Waals surface area contributed by atoms with Gasteiger partial charge in [0.2, 0.25) is 0 Å². The average Bonchev–Trinajstić information content (AvgIpc) is 3.50. The van der Waals surface area contributed by atoms with E-state index < -0.39 is 45.2 Å². The number of aromatic nitrogens is 2. The van der Waals surface area contributed by atoms with Gasteiger partial charge in [0, 0.05) is 0 Å². The van der Waals surface area contributed by atoms with Crippen LogP contribution >= 0.6 is 92.3 Å². The topological polar surface area (TPSA) is 134 Å². The van der Waals surface area contributed by atoms with Crippen LogP contribution in [0.3, 0.4) is 0 Å². The third kappa shape index (κ3) is 11.4. The molecule has 48 heavy (non-hydrogen) atoms. The zero-order chi connectivity index (χ0) is 34.9. The fourth-order valence-corrected chi connectivity index (χ4v) is 6.47. The molecule has 0 amide bonds. The van der Waals surface area contributed by atoms with Crippen molar-refractivity contribution in [2.75, 3.05) is 39.6 Å². The second kappa shape index (κ2) is 18.0. The summed E-state index contributed by atoms with van der Waals surface area (Å²) in [4.78, 5) is 49.0. The number of fused-ring (bicyclic) bond motifs is 2. The monoisotopic (exact) mass is 824 g/mol. The minimum absolute atomic E-state index is 0.0249. The van der Waals surface area contributed by atoms with Crippen molar-refractivity contribution in [3.63, 3.8) is 0 Å². The number of carbonyl (C=O) groups is 2. The molecule has 4 aromatic rings. The highest BCUT2D eigenvalue weighted by molar-refractivity contribution is 7.16. The standard InChI is InChI=1S/C28H26Cl6N2O10S2/c29-27(30,31)23(45-21(37)15-35-17-5-1-3-7-19(17)47-25(35)39)43-13-11-41-9-10-42-12-14-44-24(28(32,33)34)46-22(38)16-36-18-6-2-4-8-20(18)48-26(36)40/h1-8,23-24H,9-16H2. The Morgan fingerprint density at radius 2 is 0.958 bits per heavy atom. The third-order valence-electron chi connectivity index (χ3n) is 6.10. The highest BCUT2D eigenvalue weighted by atomic mass is 35.6. The third-order valence-corrected chi connectivity index (χ3v) is 9.09. The van der Waals surface area contributed by atoms with E-state index in [1.165, 1.54) is 9.13 Å². The van der Waals surface area contributed by atoms with Crippen molar-refractivity contribution in [3.05, 3.63) is 67.9 Å². The Bertz CT molecular complexity index is 1670. The van der Waals surface area contributed by atoms with Gasteiger partial charge in [0.25, 0.3) is 20.2 Å². The van der Waals surface area contributed by atoms with E-state index in [1.54, 1.807) is 48.5 Å². The molecule has 2 atom stereocenters. The van der Waals surface area contributed by atoms with Crippen LogP contribution < -0.4 is 9.75 Å². The highest BCUT2D eigenvalue weighted by Gasteiger charge is 2.38. The summed E-state index contributed by atoms with van der Waals surface area (Å²) >= 11 is 37.5. The number of esters is 2. The number of hydrogen-bond acceptors (Lipinski definition) is 12. The van der Waals surface area contributed by atoms with Gasteiger partial charge in [-0.2, -0.15) is 0 Å². The fourth-order valence-electron chi connectivity index (χ4n) is 4.04. The van der Waals surface area contributed by atoms with Crippen LogP contribution in [0.5, 0.6) is 0 Å². The van der Waals surface area contributed by atoms with Crippen molar-refractivity contribution < 1.29 is 38.0 Å². The molecule has 20 heteroatoms. The molecule has 0 aliphatic heterocycles. The van der Waals surface area contributed by atoms with Crippen LogP contribution in [0.25, 0.3) is 20.4 Å². The quantitative estimate of drug-likeness (QED) is 0.0567. The van der Waals surface area contributed by atoms with Crippen molar-refractivity contribution in [1.82, 2.24) is 9.13 Å². The molecule has 0 bridgehead atoms. The van der Waals surface area contributed by atoms with Crippen LogP contribution in [0, 0.1) is 0 Å². The van der Waals surface area contributed by atoms with Crippen LogP contribution in [0.15, 0.2) is 58.1 Å². The Kier molecular flexibility index (Phi) is 14.7. The number of alkyl halides is 6. The zero-order valence-electron chi connectivity index (χ0n) is 24.5. The summed E-state index contributed by atoms with van der Waals surface area (Å²) in [5, 5.41) is 0. The minimum atomic E-state index is -2.12. The summed E-state index contributed by atoms with van der Waals surface area (Å²) in [6.07, 6.45) is -3.14. The first-order valence-corrected chi connectivity index (χ1v) is 17.7. The normalized spacial score (nSPS) is 13.5. The number of halogens is 6. The molecule has 0 N–H and O–H groups in total. The van der Waals surface area contributed by atoms with Crippen molar-refractivity contribution in [3.8, 4) is 0 Å². The first-order valence-electron chi connectivity index (χ1n) is 13.8. The number of rotatable bonds is 17. The number of carbonyl (C=O) groups excluding carboxylic acids is 2. The predicted octanol–water partition coefficient (Wildman–Crippen LogP) is 5.69. The first kappa shape index (κ1) is 39.1. The number of ether oxygens (including phenoxy) is 6. The zero-order valence-corrected chi connectivity index (χ0v) is 30.7. The molecule has 2 aromatic heterocycles. The van der Waals surface area contributed by atoms with E-state index >= 15 is 0 Å². The summed E-state index contributed by atoms with van der Waals surface area (Å²) in [5.74, 6) is -1.68. The maximum Gasteiger partial charge on any atom is 0.328 e. The molecule has 12 nitrogen and oxygen atoms in total. The molecule has 262 valence electrons. The lowest BCUT2D eigenvalue weighted by molar-refractivity contribution is -0.183. The van der Waals surface area contributed by atoms with E-state index in [0.29, 0.717) is 20.4 Å². The van der Waals surface area contributed by atoms with Crippen LogP contribution in [-0.2, 0) is 51.1 Å². The van der Waals surface area contributed by atoms with Gasteiger partial charge in [0.15, 0.2) is 0 Å². The van der Waals surface area contributed by atoms with Gasteiger partial charge in [-0.05, 0) is 24.3 Å². The van der Waals surface area contributed by atoms with Crippen molar-refractivity contribution in [1.29, 1.82) is 0 Å². The van der Waals surface area contributed by atoms with E-state index in [2.05, 4.69) is 0 Å². The van der Waals surface area contributed by atoms with Gasteiger partial charge >= 0.3 is 21.7 Å². The smallest absolute Gasteiger partial charge is 0.328 e. The van der Waals surface area contributed by atoms with E-state index in [-0.39, 0.29) is 49.4 Å². The number of nitrogens with zero attached hydrogens (tertiary/aromatic N) is 2. The van der Waals surface area contributed by atoms with Crippen LogP contribution in [0.2, 0.25) is 0 Å². The van der Waals surface area contributed by atoms with Gasteiger partial charge in [-0.3, -0.25) is 28.3 Å². The average molecular weight is 827 g/mol. The Morgan fingerprint density at radius 3 is 1.33 bits per heavy atom. The Morgan fingerprint density at radius 1 is 0.604 bits per heavy atom. The Labute approximate surface area is 310 Å². The van der Waals surface area contributed by atoms with Crippen molar-refractivity contribution >= 4 is 125 Å². The van der Waals surface area contributed by atoms with Gasteiger partial charge in [-0.1, -0.05) is 117 Å². The largest absolute Gasteiger partial charge is 0.430 e.